The van der Waals surface area contributed by atoms with E-state index in [2.05, 4.69) is 27.4 Å². The molecule has 2 nitrogen and oxygen atoms in total. The zero-order chi connectivity index (χ0) is 12.3. The van der Waals surface area contributed by atoms with Gasteiger partial charge in [-0.2, -0.15) is 0 Å². The minimum Gasteiger partial charge on any atom is -0.493 e. The van der Waals surface area contributed by atoms with Crippen LogP contribution < -0.4 is 9.47 Å². The van der Waals surface area contributed by atoms with Gasteiger partial charge < -0.3 is 9.47 Å². The van der Waals surface area contributed by atoms with Gasteiger partial charge in [0.1, 0.15) is 0 Å². The van der Waals surface area contributed by atoms with Crippen molar-refractivity contribution in [3.05, 3.63) is 30.3 Å². The van der Waals surface area contributed by atoms with Crippen LogP contribution in [0.4, 0.5) is 0 Å². The summed E-state index contributed by atoms with van der Waals surface area (Å²) in [6.07, 6.45) is 0. The molecule has 0 aliphatic carbocycles. The third-order valence-corrected chi connectivity index (χ3v) is 2.64. The van der Waals surface area contributed by atoms with Gasteiger partial charge in [-0.1, -0.05) is 33.4 Å². The first-order valence-electron chi connectivity index (χ1n) is 5.32. The lowest BCUT2D eigenvalue weighted by Crippen LogP contribution is -2.07. The minimum atomic E-state index is 0.0552. The Balaban J connectivity index is 3.13. The normalized spacial score (nSPS) is 11.1. The summed E-state index contributed by atoms with van der Waals surface area (Å²) in [6, 6.07) is 5.88. The summed E-state index contributed by atoms with van der Waals surface area (Å²) in [5.41, 5.74) is 2.23. The van der Waals surface area contributed by atoms with Gasteiger partial charge in [-0.25, -0.2) is 0 Å². The van der Waals surface area contributed by atoms with Crippen molar-refractivity contribution >= 4 is 5.57 Å². The fourth-order valence-electron chi connectivity index (χ4n) is 1.46. The highest BCUT2D eigenvalue weighted by molar-refractivity contribution is 5.69. The molecule has 0 fully saturated rings. The summed E-state index contributed by atoms with van der Waals surface area (Å²) in [5.74, 6) is 1.48. The van der Waals surface area contributed by atoms with Crippen molar-refractivity contribution in [2.24, 2.45) is 5.41 Å². The van der Waals surface area contributed by atoms with Crippen LogP contribution in [0.2, 0.25) is 0 Å². The molecule has 0 aliphatic rings. The second-order valence-electron chi connectivity index (χ2n) is 4.80. The largest absolute Gasteiger partial charge is 0.493 e. The molecule has 0 bridgehead atoms. The Labute approximate surface area is 97.9 Å². The van der Waals surface area contributed by atoms with E-state index < -0.39 is 0 Å². The van der Waals surface area contributed by atoms with Crippen LogP contribution in [-0.2, 0) is 0 Å². The molecule has 2 heteroatoms. The molecule has 0 spiro atoms. The fraction of sp³-hybridized carbons (Fsp3) is 0.429. The van der Waals surface area contributed by atoms with E-state index in [1.54, 1.807) is 14.2 Å². The monoisotopic (exact) mass is 220 g/mol. The van der Waals surface area contributed by atoms with Crippen LogP contribution in [-0.4, -0.2) is 14.2 Å². The Kier molecular flexibility index (Phi) is 3.63. The predicted octanol–water partition coefficient (Wildman–Crippen LogP) is 3.76. The number of methoxy groups -OCH3 is 2. The topological polar surface area (TPSA) is 18.5 Å². The molecule has 88 valence electrons. The highest BCUT2D eigenvalue weighted by Gasteiger charge is 2.17. The summed E-state index contributed by atoms with van der Waals surface area (Å²) in [7, 11) is 3.28. The van der Waals surface area contributed by atoms with Crippen LogP contribution in [0, 0.1) is 5.41 Å². The van der Waals surface area contributed by atoms with E-state index in [1.807, 2.05) is 18.2 Å². The maximum atomic E-state index is 5.27. The third kappa shape index (κ3) is 2.57. The molecule has 0 aliphatic heterocycles. The van der Waals surface area contributed by atoms with Crippen LogP contribution in [0.1, 0.15) is 26.3 Å². The Hall–Kier alpha value is -1.44. The van der Waals surface area contributed by atoms with Gasteiger partial charge >= 0.3 is 0 Å². The van der Waals surface area contributed by atoms with Gasteiger partial charge in [0.25, 0.3) is 0 Å². The van der Waals surface area contributed by atoms with Crippen molar-refractivity contribution in [1.82, 2.24) is 0 Å². The van der Waals surface area contributed by atoms with Crippen LogP contribution in [0.5, 0.6) is 11.5 Å². The lowest BCUT2D eigenvalue weighted by Gasteiger charge is -2.22. The number of benzene rings is 1. The summed E-state index contributed by atoms with van der Waals surface area (Å²) < 4.78 is 10.5. The lowest BCUT2D eigenvalue weighted by atomic mass is 9.83. The second kappa shape index (κ2) is 4.60. The maximum Gasteiger partial charge on any atom is 0.161 e. The van der Waals surface area contributed by atoms with E-state index in [0.29, 0.717) is 0 Å². The van der Waals surface area contributed by atoms with E-state index >= 15 is 0 Å². The van der Waals surface area contributed by atoms with E-state index in [-0.39, 0.29) is 5.41 Å². The van der Waals surface area contributed by atoms with Crippen LogP contribution in [0.15, 0.2) is 24.8 Å². The quantitative estimate of drug-likeness (QED) is 0.772. The molecule has 0 radical (unpaired) electrons. The highest BCUT2D eigenvalue weighted by atomic mass is 16.5. The predicted molar refractivity (Wildman–Crippen MR) is 68.0 cm³/mol. The molecular formula is C14H20O2. The molecule has 1 rings (SSSR count). The Morgan fingerprint density at radius 2 is 1.62 bits per heavy atom. The van der Waals surface area contributed by atoms with E-state index in [4.69, 9.17) is 9.47 Å². The Morgan fingerprint density at radius 1 is 1.06 bits per heavy atom. The van der Waals surface area contributed by atoms with Crippen molar-refractivity contribution in [1.29, 1.82) is 0 Å². The summed E-state index contributed by atoms with van der Waals surface area (Å²) in [6.45, 7) is 10.6. The Bertz CT molecular complexity index is 386. The molecule has 0 saturated heterocycles. The van der Waals surface area contributed by atoms with Crippen molar-refractivity contribution in [3.8, 4) is 11.5 Å². The van der Waals surface area contributed by atoms with Gasteiger partial charge in [-0.05, 0) is 28.7 Å². The van der Waals surface area contributed by atoms with E-state index in [0.717, 1.165) is 22.6 Å². The van der Waals surface area contributed by atoms with Gasteiger partial charge in [-0.15, -0.1) is 0 Å². The third-order valence-electron chi connectivity index (χ3n) is 2.64. The number of rotatable bonds is 3. The van der Waals surface area contributed by atoms with E-state index in [1.165, 1.54) is 0 Å². The molecule has 0 unspecified atom stereocenters. The molecule has 0 heterocycles. The fourth-order valence-corrected chi connectivity index (χ4v) is 1.46. The number of hydrogen-bond acceptors (Lipinski definition) is 2. The molecule has 1 aromatic rings. The van der Waals surface area contributed by atoms with Crippen molar-refractivity contribution in [2.45, 2.75) is 20.8 Å². The highest BCUT2D eigenvalue weighted by Crippen LogP contribution is 2.36. The summed E-state index contributed by atoms with van der Waals surface area (Å²) >= 11 is 0. The number of ether oxygens (including phenoxy) is 2. The molecular weight excluding hydrogens is 200 g/mol. The standard InChI is InChI=1S/C14H20O2/c1-10(14(2,3)4)11-7-8-12(15-5)13(9-11)16-6/h7-9H,1H2,2-6H3. The molecule has 1 aromatic carbocycles. The van der Waals surface area contributed by atoms with Crippen molar-refractivity contribution in [2.75, 3.05) is 14.2 Å². The minimum absolute atomic E-state index is 0.0552. The number of allylic oxidation sites excluding steroid dienone is 1. The zero-order valence-electron chi connectivity index (χ0n) is 10.8. The Morgan fingerprint density at radius 3 is 2.06 bits per heavy atom. The second-order valence-corrected chi connectivity index (χ2v) is 4.80. The average Bonchev–Trinajstić information content (AvgIpc) is 2.25. The molecule has 16 heavy (non-hydrogen) atoms. The lowest BCUT2D eigenvalue weighted by molar-refractivity contribution is 0.355. The zero-order valence-corrected chi connectivity index (χ0v) is 10.8. The van der Waals surface area contributed by atoms with Gasteiger partial charge in [0, 0.05) is 0 Å². The maximum absolute atomic E-state index is 5.27. The van der Waals surface area contributed by atoms with Gasteiger partial charge in [0.2, 0.25) is 0 Å². The first-order valence-corrected chi connectivity index (χ1v) is 5.32. The molecule has 0 amide bonds. The van der Waals surface area contributed by atoms with Crippen LogP contribution >= 0.6 is 0 Å². The van der Waals surface area contributed by atoms with Crippen molar-refractivity contribution in [3.63, 3.8) is 0 Å². The van der Waals surface area contributed by atoms with Gasteiger partial charge in [0.05, 0.1) is 14.2 Å². The number of hydrogen-bond donors (Lipinski definition) is 0. The molecule has 0 atom stereocenters. The van der Waals surface area contributed by atoms with Gasteiger partial charge in [0.15, 0.2) is 11.5 Å². The SMILES string of the molecule is C=C(c1ccc(OC)c(OC)c1)C(C)(C)C. The first kappa shape index (κ1) is 12.6. The molecule has 0 saturated carbocycles. The van der Waals surface area contributed by atoms with E-state index in [9.17, 15) is 0 Å². The van der Waals surface area contributed by atoms with Gasteiger partial charge in [-0.3, -0.25) is 0 Å². The summed E-state index contributed by atoms with van der Waals surface area (Å²) in [5, 5.41) is 0. The molecule has 0 N–H and O–H groups in total. The van der Waals surface area contributed by atoms with Crippen LogP contribution in [0.25, 0.3) is 5.57 Å². The first-order chi connectivity index (χ1) is 7.40. The molecule has 0 aromatic heterocycles. The average molecular weight is 220 g/mol. The summed E-state index contributed by atoms with van der Waals surface area (Å²) in [4.78, 5) is 0. The smallest absolute Gasteiger partial charge is 0.161 e. The van der Waals surface area contributed by atoms with Crippen LogP contribution in [0.3, 0.4) is 0 Å². The van der Waals surface area contributed by atoms with Crippen molar-refractivity contribution < 1.29 is 9.47 Å².